The molecule has 234 valence electrons. The average Bonchev–Trinajstić information content (AvgIpc) is 3.78. The van der Waals surface area contributed by atoms with E-state index >= 15 is 0 Å². The summed E-state index contributed by atoms with van der Waals surface area (Å²) in [5, 5.41) is 16.6. The second-order valence-corrected chi connectivity index (χ2v) is 13.2. The lowest BCUT2D eigenvalue weighted by atomic mass is 9.78. The zero-order valence-electron chi connectivity index (χ0n) is 25.3. The Kier molecular flexibility index (Phi) is 9.40. The van der Waals surface area contributed by atoms with Crippen molar-refractivity contribution in [1.82, 2.24) is 20.1 Å². The molecule has 9 nitrogen and oxygen atoms in total. The lowest BCUT2D eigenvalue weighted by Crippen LogP contribution is -2.42. The smallest absolute Gasteiger partial charge is 0.404 e. The standard InChI is InChI=1S/C34H42ClN5O4/c1-44-32-31(35)16-27(18-36-32)24-9-7-23(8-10-24)20-39(33(41)25-11-5-22(6-12-25)17-37-34(42)43)30-4-2-3-26(15-30)28-19-38-40(21-28)29-13-14-29/h2-4,15-16,18-19,21-25,29,37H,5-14,17,20H2,1H3,(H,42,43). The number of hydrogen-bond acceptors (Lipinski definition) is 5. The van der Waals surface area contributed by atoms with E-state index in [4.69, 9.17) is 21.4 Å². The van der Waals surface area contributed by atoms with Gasteiger partial charge in [-0.05, 0) is 111 Å². The van der Waals surface area contributed by atoms with Crippen LogP contribution in [-0.4, -0.2) is 52.1 Å². The van der Waals surface area contributed by atoms with E-state index in [9.17, 15) is 9.59 Å². The molecule has 2 heterocycles. The molecular formula is C34H42ClN5O4. The maximum atomic E-state index is 14.2. The fraction of sp³-hybridized carbons (Fsp3) is 0.529. The van der Waals surface area contributed by atoms with Gasteiger partial charge in [-0.15, -0.1) is 0 Å². The minimum Gasteiger partial charge on any atom is -0.480 e. The number of rotatable bonds is 10. The van der Waals surface area contributed by atoms with E-state index in [1.165, 1.54) is 12.8 Å². The minimum atomic E-state index is -0.988. The fourth-order valence-electron chi connectivity index (χ4n) is 7.02. The first-order chi connectivity index (χ1) is 21.4. The Labute approximate surface area is 263 Å². The summed E-state index contributed by atoms with van der Waals surface area (Å²) in [4.78, 5) is 31.6. The SMILES string of the molecule is COc1ncc(C2CCC(CN(C(=O)C3CCC(CNC(=O)O)CC3)c3cccc(-c4cnn(C5CC5)c4)c3)CC2)cc1Cl. The summed E-state index contributed by atoms with van der Waals surface area (Å²) in [6, 6.07) is 10.8. The van der Waals surface area contributed by atoms with Crippen LogP contribution >= 0.6 is 11.6 Å². The van der Waals surface area contributed by atoms with Gasteiger partial charge in [0.2, 0.25) is 11.8 Å². The lowest BCUT2D eigenvalue weighted by molar-refractivity contribution is -0.123. The molecule has 3 fully saturated rings. The van der Waals surface area contributed by atoms with Gasteiger partial charge < -0.3 is 20.1 Å². The van der Waals surface area contributed by atoms with E-state index in [2.05, 4.69) is 44.5 Å². The van der Waals surface area contributed by atoms with E-state index in [-0.39, 0.29) is 17.7 Å². The van der Waals surface area contributed by atoms with Crippen LogP contribution in [0, 0.1) is 17.8 Å². The maximum absolute atomic E-state index is 14.2. The van der Waals surface area contributed by atoms with Crippen molar-refractivity contribution >= 4 is 29.3 Å². The summed E-state index contributed by atoms with van der Waals surface area (Å²) in [5.41, 5.74) is 4.23. The Balaban J connectivity index is 1.17. The normalized spacial score (nSPS) is 23.6. The molecule has 0 aliphatic heterocycles. The van der Waals surface area contributed by atoms with Crippen molar-refractivity contribution in [1.29, 1.82) is 0 Å². The summed E-state index contributed by atoms with van der Waals surface area (Å²) in [7, 11) is 1.57. The van der Waals surface area contributed by atoms with E-state index in [1.54, 1.807) is 7.11 Å². The number of anilines is 1. The average molecular weight is 620 g/mol. The summed E-state index contributed by atoms with van der Waals surface area (Å²) < 4.78 is 7.29. The number of pyridine rings is 1. The number of nitrogens with one attached hydrogen (secondary N) is 1. The number of hydrogen-bond donors (Lipinski definition) is 2. The molecule has 2 aromatic heterocycles. The molecule has 10 heteroatoms. The van der Waals surface area contributed by atoms with Crippen molar-refractivity contribution in [3.63, 3.8) is 0 Å². The highest BCUT2D eigenvalue weighted by Gasteiger charge is 2.33. The van der Waals surface area contributed by atoms with Crippen molar-refractivity contribution in [2.24, 2.45) is 17.8 Å². The second kappa shape index (κ2) is 13.6. The molecule has 0 unspecified atom stereocenters. The van der Waals surface area contributed by atoms with Crippen LogP contribution in [0.1, 0.15) is 81.7 Å². The highest BCUT2D eigenvalue weighted by atomic mass is 35.5. The molecule has 0 saturated heterocycles. The molecule has 0 radical (unpaired) electrons. The first kappa shape index (κ1) is 30.4. The zero-order chi connectivity index (χ0) is 30.6. The number of carbonyl (C=O) groups is 2. The molecule has 0 bridgehead atoms. The third kappa shape index (κ3) is 7.20. The molecule has 3 aromatic rings. The number of carbonyl (C=O) groups excluding carboxylic acids is 1. The van der Waals surface area contributed by atoms with Gasteiger partial charge in [-0.2, -0.15) is 5.10 Å². The molecule has 3 saturated carbocycles. The molecule has 3 aliphatic rings. The largest absolute Gasteiger partial charge is 0.480 e. The van der Waals surface area contributed by atoms with Crippen molar-refractivity contribution in [2.75, 3.05) is 25.1 Å². The van der Waals surface area contributed by atoms with Gasteiger partial charge in [-0.3, -0.25) is 9.48 Å². The lowest BCUT2D eigenvalue weighted by Gasteiger charge is -2.36. The van der Waals surface area contributed by atoms with Crippen LogP contribution in [-0.2, 0) is 4.79 Å². The number of halogens is 1. The summed E-state index contributed by atoms with van der Waals surface area (Å²) in [5.74, 6) is 1.66. The van der Waals surface area contributed by atoms with Gasteiger partial charge in [-0.1, -0.05) is 23.7 Å². The van der Waals surface area contributed by atoms with Crippen LogP contribution in [0.15, 0.2) is 48.9 Å². The third-order valence-corrected chi connectivity index (χ3v) is 10.1. The predicted molar refractivity (Wildman–Crippen MR) is 170 cm³/mol. The monoisotopic (exact) mass is 619 g/mol. The Hall–Kier alpha value is -3.59. The number of amides is 2. The highest BCUT2D eigenvalue weighted by Crippen LogP contribution is 2.40. The van der Waals surface area contributed by atoms with Crippen LogP contribution in [0.3, 0.4) is 0 Å². The molecule has 0 atom stereocenters. The molecule has 0 spiro atoms. The summed E-state index contributed by atoms with van der Waals surface area (Å²) in [6.45, 7) is 1.15. The number of benzene rings is 1. The van der Waals surface area contributed by atoms with Crippen LogP contribution < -0.4 is 15.0 Å². The Morgan fingerprint density at radius 1 is 1.00 bits per heavy atom. The van der Waals surface area contributed by atoms with Crippen LogP contribution in [0.5, 0.6) is 5.88 Å². The maximum Gasteiger partial charge on any atom is 0.404 e. The van der Waals surface area contributed by atoms with Gasteiger partial charge in [0.1, 0.15) is 5.02 Å². The highest BCUT2D eigenvalue weighted by molar-refractivity contribution is 6.31. The summed E-state index contributed by atoms with van der Waals surface area (Å²) in [6.07, 6.45) is 14.7. The number of aromatic nitrogens is 3. The quantitative estimate of drug-likeness (QED) is 0.246. The van der Waals surface area contributed by atoms with Crippen LogP contribution in [0.2, 0.25) is 5.02 Å². The molecule has 44 heavy (non-hydrogen) atoms. The fourth-order valence-corrected chi connectivity index (χ4v) is 7.27. The second-order valence-electron chi connectivity index (χ2n) is 12.8. The van der Waals surface area contributed by atoms with Crippen LogP contribution in [0.25, 0.3) is 11.1 Å². The van der Waals surface area contributed by atoms with Gasteiger partial charge in [0.15, 0.2) is 0 Å². The molecule has 2 amide bonds. The van der Waals surface area contributed by atoms with Gasteiger partial charge >= 0.3 is 6.09 Å². The van der Waals surface area contributed by atoms with Crippen molar-refractivity contribution in [3.05, 3.63) is 59.5 Å². The molecular weight excluding hydrogens is 578 g/mol. The van der Waals surface area contributed by atoms with Crippen molar-refractivity contribution in [2.45, 2.75) is 76.2 Å². The van der Waals surface area contributed by atoms with E-state index in [0.717, 1.165) is 73.7 Å². The van der Waals surface area contributed by atoms with Crippen molar-refractivity contribution in [3.8, 4) is 17.0 Å². The van der Waals surface area contributed by atoms with Gasteiger partial charge in [0, 0.05) is 42.7 Å². The van der Waals surface area contributed by atoms with Crippen LogP contribution in [0.4, 0.5) is 10.5 Å². The van der Waals surface area contributed by atoms with E-state index < -0.39 is 6.09 Å². The Morgan fingerprint density at radius 3 is 2.43 bits per heavy atom. The predicted octanol–water partition coefficient (Wildman–Crippen LogP) is 7.32. The molecule has 3 aliphatic carbocycles. The Bertz CT molecular complexity index is 1460. The summed E-state index contributed by atoms with van der Waals surface area (Å²) >= 11 is 6.37. The first-order valence-corrected chi connectivity index (χ1v) is 16.4. The minimum absolute atomic E-state index is 0.0544. The van der Waals surface area contributed by atoms with Gasteiger partial charge in [0.05, 0.1) is 19.3 Å². The molecule has 2 N–H and O–H groups in total. The number of carboxylic acid groups (broad SMARTS) is 1. The van der Waals surface area contributed by atoms with Gasteiger partial charge in [-0.25, -0.2) is 9.78 Å². The molecule has 1 aromatic carbocycles. The molecule has 6 rings (SSSR count). The number of methoxy groups -OCH3 is 1. The van der Waals surface area contributed by atoms with Gasteiger partial charge in [0.25, 0.3) is 0 Å². The Morgan fingerprint density at radius 2 is 1.75 bits per heavy atom. The first-order valence-electron chi connectivity index (χ1n) is 16.0. The zero-order valence-corrected chi connectivity index (χ0v) is 26.1. The van der Waals surface area contributed by atoms with Crippen molar-refractivity contribution < 1.29 is 19.4 Å². The number of ether oxygens (including phenoxy) is 1. The number of nitrogens with zero attached hydrogens (tertiary/aromatic N) is 4. The van der Waals surface area contributed by atoms with E-state index in [0.29, 0.717) is 41.9 Å². The topological polar surface area (TPSA) is 110 Å². The third-order valence-electron chi connectivity index (χ3n) is 9.80. The van der Waals surface area contributed by atoms with E-state index in [1.807, 2.05) is 29.4 Å².